The van der Waals surface area contributed by atoms with Gasteiger partial charge in [-0.15, -0.1) is 0 Å². The minimum atomic E-state index is -0.360. The molecular formula is C13H26N2O2. The molecule has 4 nitrogen and oxygen atoms in total. The van der Waals surface area contributed by atoms with Crippen LogP contribution in [0.5, 0.6) is 0 Å². The zero-order chi connectivity index (χ0) is 12.7. The van der Waals surface area contributed by atoms with Crippen LogP contribution in [-0.4, -0.2) is 42.6 Å². The van der Waals surface area contributed by atoms with Gasteiger partial charge in [-0.2, -0.15) is 0 Å². The van der Waals surface area contributed by atoms with E-state index >= 15 is 0 Å². The number of nitrogens with two attached hydrogens (primary N) is 1. The van der Waals surface area contributed by atoms with Crippen molar-refractivity contribution >= 4 is 5.91 Å². The molecule has 1 aliphatic rings. The summed E-state index contributed by atoms with van der Waals surface area (Å²) in [7, 11) is 0. The predicted molar refractivity (Wildman–Crippen MR) is 68.8 cm³/mol. The van der Waals surface area contributed by atoms with Gasteiger partial charge in [0.2, 0.25) is 5.91 Å². The van der Waals surface area contributed by atoms with E-state index in [2.05, 4.69) is 0 Å². The molecular weight excluding hydrogens is 216 g/mol. The van der Waals surface area contributed by atoms with Crippen molar-refractivity contribution in [1.29, 1.82) is 0 Å². The molecule has 100 valence electrons. The summed E-state index contributed by atoms with van der Waals surface area (Å²) in [5, 5.41) is 0. The van der Waals surface area contributed by atoms with Crippen LogP contribution in [0, 0.1) is 0 Å². The molecule has 0 spiro atoms. The highest BCUT2D eigenvalue weighted by atomic mass is 16.5. The third-order valence-corrected chi connectivity index (χ3v) is 3.68. The molecule has 1 aliphatic heterocycles. The Kier molecular flexibility index (Phi) is 5.92. The number of likely N-dealkylation sites (tertiary alicyclic amines) is 1. The summed E-state index contributed by atoms with van der Waals surface area (Å²) in [6.07, 6.45) is 5.54. The number of hydrogen-bond acceptors (Lipinski definition) is 3. The Balaban J connectivity index is 2.37. The van der Waals surface area contributed by atoms with Crippen molar-refractivity contribution in [1.82, 2.24) is 4.90 Å². The summed E-state index contributed by atoms with van der Waals surface area (Å²) < 4.78 is 5.67. The van der Waals surface area contributed by atoms with Crippen molar-refractivity contribution in [2.75, 3.05) is 26.2 Å². The Morgan fingerprint density at radius 2 is 1.88 bits per heavy atom. The summed E-state index contributed by atoms with van der Waals surface area (Å²) in [6, 6.07) is 0. The molecule has 4 heteroatoms. The third kappa shape index (κ3) is 4.64. The highest BCUT2D eigenvalue weighted by molar-refractivity contribution is 5.77. The fourth-order valence-corrected chi connectivity index (χ4v) is 1.95. The summed E-state index contributed by atoms with van der Waals surface area (Å²) in [4.78, 5) is 13.9. The Hall–Kier alpha value is -0.610. The van der Waals surface area contributed by atoms with E-state index in [9.17, 15) is 4.79 Å². The Labute approximate surface area is 104 Å². The van der Waals surface area contributed by atoms with Crippen LogP contribution >= 0.6 is 0 Å². The van der Waals surface area contributed by atoms with Crippen LogP contribution in [-0.2, 0) is 9.53 Å². The van der Waals surface area contributed by atoms with E-state index < -0.39 is 0 Å². The molecule has 1 fully saturated rings. The van der Waals surface area contributed by atoms with Gasteiger partial charge in [0.25, 0.3) is 0 Å². The molecule has 0 radical (unpaired) electrons. The third-order valence-electron chi connectivity index (χ3n) is 3.68. The second kappa shape index (κ2) is 6.97. The van der Waals surface area contributed by atoms with E-state index in [0.717, 1.165) is 32.4 Å². The number of carbonyl (C=O) groups is 1. The molecule has 1 unspecified atom stereocenters. The fourth-order valence-electron chi connectivity index (χ4n) is 1.95. The standard InChI is InChI=1S/C13H26N2O2/c1-3-13(2,11-14)17-10-12(16)15-8-6-4-5-7-9-15/h3-11,14H2,1-2H3. The fraction of sp³-hybridized carbons (Fsp3) is 0.923. The molecule has 1 heterocycles. The van der Waals surface area contributed by atoms with Crippen molar-refractivity contribution in [2.24, 2.45) is 5.73 Å². The first-order chi connectivity index (χ1) is 8.11. The van der Waals surface area contributed by atoms with Crippen LogP contribution in [0.25, 0.3) is 0 Å². The first-order valence-corrected chi connectivity index (χ1v) is 6.73. The highest BCUT2D eigenvalue weighted by Gasteiger charge is 2.23. The van der Waals surface area contributed by atoms with Crippen LogP contribution in [0.3, 0.4) is 0 Å². The van der Waals surface area contributed by atoms with Gasteiger partial charge < -0.3 is 15.4 Å². The molecule has 0 aromatic heterocycles. The maximum Gasteiger partial charge on any atom is 0.248 e. The van der Waals surface area contributed by atoms with Gasteiger partial charge in [0.1, 0.15) is 6.61 Å². The number of ether oxygens (including phenoxy) is 1. The van der Waals surface area contributed by atoms with Crippen LogP contribution in [0.4, 0.5) is 0 Å². The van der Waals surface area contributed by atoms with Gasteiger partial charge in [-0.3, -0.25) is 4.79 Å². The topological polar surface area (TPSA) is 55.6 Å². The largest absolute Gasteiger partial charge is 0.364 e. The maximum atomic E-state index is 12.0. The number of nitrogens with zero attached hydrogens (tertiary/aromatic N) is 1. The van der Waals surface area contributed by atoms with Crippen LogP contribution in [0.2, 0.25) is 0 Å². The summed E-state index contributed by atoms with van der Waals surface area (Å²) in [5.74, 6) is 0.111. The van der Waals surface area contributed by atoms with Crippen molar-refractivity contribution < 1.29 is 9.53 Å². The number of carbonyl (C=O) groups excluding carboxylic acids is 1. The first kappa shape index (κ1) is 14.5. The quantitative estimate of drug-likeness (QED) is 0.795. The zero-order valence-electron chi connectivity index (χ0n) is 11.2. The molecule has 1 rings (SSSR count). The second-order valence-corrected chi connectivity index (χ2v) is 5.09. The average molecular weight is 242 g/mol. The molecule has 1 atom stereocenters. The van der Waals surface area contributed by atoms with E-state index in [1.165, 1.54) is 12.8 Å². The van der Waals surface area contributed by atoms with Crippen molar-refractivity contribution in [3.8, 4) is 0 Å². The van der Waals surface area contributed by atoms with Gasteiger partial charge in [0, 0.05) is 19.6 Å². The molecule has 0 bridgehead atoms. The lowest BCUT2D eigenvalue weighted by molar-refractivity contribution is -0.142. The second-order valence-electron chi connectivity index (χ2n) is 5.09. The number of amides is 1. The van der Waals surface area contributed by atoms with Gasteiger partial charge in [0.15, 0.2) is 0 Å². The van der Waals surface area contributed by atoms with Crippen LogP contribution < -0.4 is 5.73 Å². The minimum absolute atomic E-state index is 0.111. The molecule has 1 saturated heterocycles. The average Bonchev–Trinajstić information content (AvgIpc) is 2.64. The molecule has 0 saturated carbocycles. The van der Waals surface area contributed by atoms with Crippen LogP contribution in [0.15, 0.2) is 0 Å². The Morgan fingerprint density at radius 1 is 1.29 bits per heavy atom. The zero-order valence-corrected chi connectivity index (χ0v) is 11.2. The molecule has 2 N–H and O–H groups in total. The molecule has 1 amide bonds. The van der Waals surface area contributed by atoms with Gasteiger partial charge in [0.05, 0.1) is 5.60 Å². The summed E-state index contributed by atoms with van der Waals surface area (Å²) in [5.41, 5.74) is 5.30. The Morgan fingerprint density at radius 3 is 2.35 bits per heavy atom. The van der Waals surface area contributed by atoms with E-state index in [1.807, 2.05) is 18.7 Å². The summed E-state index contributed by atoms with van der Waals surface area (Å²) >= 11 is 0. The van der Waals surface area contributed by atoms with E-state index in [4.69, 9.17) is 10.5 Å². The number of rotatable bonds is 5. The van der Waals surface area contributed by atoms with Gasteiger partial charge in [-0.1, -0.05) is 19.8 Å². The van der Waals surface area contributed by atoms with Crippen molar-refractivity contribution in [3.63, 3.8) is 0 Å². The normalized spacial score (nSPS) is 20.8. The first-order valence-electron chi connectivity index (χ1n) is 6.73. The molecule has 0 aliphatic carbocycles. The van der Waals surface area contributed by atoms with Gasteiger partial charge in [-0.25, -0.2) is 0 Å². The lowest BCUT2D eigenvalue weighted by Crippen LogP contribution is -2.42. The monoisotopic (exact) mass is 242 g/mol. The van der Waals surface area contributed by atoms with Crippen molar-refractivity contribution in [3.05, 3.63) is 0 Å². The van der Waals surface area contributed by atoms with E-state index in [1.54, 1.807) is 0 Å². The van der Waals surface area contributed by atoms with Gasteiger partial charge in [-0.05, 0) is 26.2 Å². The molecule has 17 heavy (non-hydrogen) atoms. The SMILES string of the molecule is CCC(C)(CN)OCC(=O)N1CCCCCC1. The molecule has 0 aromatic carbocycles. The van der Waals surface area contributed by atoms with Crippen LogP contribution in [0.1, 0.15) is 46.0 Å². The molecule has 0 aromatic rings. The maximum absolute atomic E-state index is 12.0. The lowest BCUT2D eigenvalue weighted by atomic mass is 10.0. The lowest BCUT2D eigenvalue weighted by Gasteiger charge is -2.28. The summed E-state index contributed by atoms with van der Waals surface area (Å²) in [6.45, 7) is 6.38. The van der Waals surface area contributed by atoms with Gasteiger partial charge >= 0.3 is 0 Å². The van der Waals surface area contributed by atoms with E-state index in [0.29, 0.717) is 6.54 Å². The Bertz CT molecular complexity index is 232. The predicted octanol–water partition coefficient (Wildman–Crippen LogP) is 1.53. The number of hydrogen-bond donors (Lipinski definition) is 1. The highest BCUT2D eigenvalue weighted by Crippen LogP contribution is 2.14. The van der Waals surface area contributed by atoms with E-state index in [-0.39, 0.29) is 18.1 Å². The minimum Gasteiger partial charge on any atom is -0.364 e. The smallest absolute Gasteiger partial charge is 0.248 e. The van der Waals surface area contributed by atoms with Crippen molar-refractivity contribution in [2.45, 2.75) is 51.6 Å².